The van der Waals surface area contributed by atoms with Crippen molar-refractivity contribution in [1.82, 2.24) is 0 Å². The van der Waals surface area contributed by atoms with Crippen LogP contribution in [0.25, 0.3) is 0 Å². The third-order valence-electron chi connectivity index (χ3n) is 18.6. The molecule has 898 valence electrons. The van der Waals surface area contributed by atoms with Crippen LogP contribution in [-0.2, 0) is 9.47 Å². The highest BCUT2D eigenvalue weighted by Gasteiger charge is 2.82. The van der Waals surface area contributed by atoms with Gasteiger partial charge in [0.1, 0.15) is 0 Å². The van der Waals surface area contributed by atoms with Crippen molar-refractivity contribution in [3.63, 3.8) is 0 Å². The lowest BCUT2D eigenvalue weighted by Crippen LogP contribution is -2.57. The molecule has 0 saturated carbocycles. The molecule has 7 unspecified atom stereocenters. The maximum atomic E-state index is 13.7. The summed E-state index contributed by atoms with van der Waals surface area (Å²) in [6, 6.07) is 0. The molecule has 83 heteroatoms. The molecule has 0 bridgehead atoms. The van der Waals surface area contributed by atoms with Gasteiger partial charge in [-0.25, -0.2) is 39.5 Å². The molecule has 0 saturated heterocycles. The van der Waals surface area contributed by atoms with Crippen molar-refractivity contribution in [2.45, 2.75) is 328 Å². The predicted octanol–water partition coefficient (Wildman–Crippen LogP) is 28.3. The van der Waals surface area contributed by atoms with Gasteiger partial charge in [0, 0.05) is 64.4 Å². The van der Waals surface area contributed by atoms with Crippen LogP contribution in [-0.4, -0.2) is 292 Å². The number of hydrogen-bond acceptors (Lipinski definition) is 10. The van der Waals surface area contributed by atoms with Crippen molar-refractivity contribution in [2.75, 3.05) is 45.4 Å². The van der Waals surface area contributed by atoms with Gasteiger partial charge in [-0.1, -0.05) is 20.8 Å². The van der Waals surface area contributed by atoms with Crippen molar-refractivity contribution in [3.8, 4) is 0 Å². The summed E-state index contributed by atoms with van der Waals surface area (Å²) in [4.78, 5) is 0. The summed E-state index contributed by atoms with van der Waals surface area (Å²) in [5.74, 6) is -12.9. The van der Waals surface area contributed by atoms with Crippen LogP contribution >= 0.6 is 26.1 Å². The lowest BCUT2D eigenvalue weighted by molar-refractivity contribution is -0.358. The average Bonchev–Trinajstić information content (AvgIpc) is 0.758. The molecule has 7 N–H and O–H groups in total. The summed E-state index contributed by atoms with van der Waals surface area (Å²) in [5.41, 5.74) is -54.3. The van der Waals surface area contributed by atoms with Crippen LogP contribution in [0.3, 0.4) is 0 Å². The Morgan fingerprint density at radius 1 is 0.238 bits per heavy atom. The van der Waals surface area contributed by atoms with E-state index in [2.05, 4.69) is 22.1 Å². The fourth-order valence-corrected chi connectivity index (χ4v) is 10.6. The summed E-state index contributed by atoms with van der Waals surface area (Å²) in [6.45, 7) is -8.19. The summed E-state index contributed by atoms with van der Waals surface area (Å²) < 4.78 is 908. The second-order valence-corrected chi connectivity index (χ2v) is 30.3. The Kier molecular flexibility index (Phi) is 57.7. The molecule has 9 nitrogen and oxygen atoms in total. The van der Waals surface area contributed by atoms with E-state index in [9.17, 15) is 321 Å². The molecule has 0 aliphatic heterocycles. The number of thiol groups is 1. The van der Waals surface area contributed by atoms with Crippen molar-refractivity contribution < 1.29 is 361 Å². The van der Waals surface area contributed by atoms with Crippen LogP contribution in [0.5, 0.6) is 0 Å². The van der Waals surface area contributed by atoms with Gasteiger partial charge in [0.2, 0.25) is 0 Å². The minimum absolute atomic E-state index is 0. The van der Waals surface area contributed by atoms with Crippen LogP contribution in [0.4, 0.5) is 316 Å². The van der Waals surface area contributed by atoms with Gasteiger partial charge in [-0.15, -0.1) is 0 Å². The van der Waals surface area contributed by atoms with Gasteiger partial charge < -0.3 is 45.2 Å². The first-order chi connectivity index (χ1) is 62.6. The Hall–Kier alpha value is -4.70. The third kappa shape index (κ3) is 43.8. The van der Waals surface area contributed by atoms with Gasteiger partial charge in [0.25, 0.3) is 34.0 Å². The molecule has 7 atom stereocenters. The Balaban J connectivity index is -0.000000268. The second kappa shape index (κ2) is 53.8. The topological polar surface area (TPSA) is 160 Å². The molecule has 0 aromatic carbocycles. The van der Waals surface area contributed by atoms with Gasteiger partial charge in [-0.3, -0.25) is 0 Å². The zero-order chi connectivity index (χ0) is 119. The molecule has 0 spiro atoms. The number of rotatable bonds is 37. The number of hydrogen-bond donors (Lipinski definition) is 8. The number of halogens is 72. The van der Waals surface area contributed by atoms with E-state index in [4.69, 9.17) is 30.6 Å². The summed E-state index contributed by atoms with van der Waals surface area (Å²) in [6.07, 6.45) is -182. The third-order valence-corrected chi connectivity index (χ3v) is 18.9. The Morgan fingerprint density at radius 2 is 0.456 bits per heavy atom. The molecule has 0 rings (SSSR count). The summed E-state index contributed by atoms with van der Waals surface area (Å²) in [5, 5.41) is 60.1. The van der Waals surface area contributed by atoms with Gasteiger partial charge in [-0.05, 0) is 56.1 Å². The van der Waals surface area contributed by atoms with Gasteiger partial charge in [0.15, 0.2) is 6.10 Å². The minimum Gasteiger partial charge on any atom is -0.396 e. The molecular weight excluding hydrogens is 2340 g/mol. The van der Waals surface area contributed by atoms with E-state index >= 15 is 0 Å². The SMILES string of the molecule is C.CCCC(CC(CC(F)(C(F)(F)F)C(F)(F)F)C(F)(F)F)C(F)(F)F.FC(F)(F)C(F)(CC(CCCS)CC(F)(C(F)(F)F)C(F)(F)F)C(F)(F)F.OC(COCC(O)CC(F)(C(F)(F)F)C(F)(F)F)CC(F)(C(F)(F)F)C(F)(F)F.OCC(CC(F)(C(F)(F)F)C(F)(F)F)OCC(O)CCC(F)(C(F)(F)F)C(F)(F)F.OCC(O)C(F)(F)F.OCCC(CC(F)(C(F)(F)F)C(F)(F)F)CC(F)(C(F)(F)F)C(F)(F)F.S. The monoisotopic (exact) mass is 2420 g/mol. The molecular formula is C64H72F72O9S2. The standard InChI is InChI=1S/C13H14F14O3.C12H12F14O3.C12H12F14S.C12H13F13.C11H10F14O.C3H5F3O2.CH4.H2S/c14-8(10(16,17)18,11(19,20)21)2-1-6(29)5-30-7(4-28)3-9(15,12(22,23)24)13(25,26)27;13-7(9(15,16)17,10(18,19)20)1-5(27)3-29-4-6(28)2-8(14,11(21,22)23)12(24,25)26;13-7(9(15,16)17,10(18,19)20)4-6(2-1-3-27)5-8(14,11(21,22)23)12(24,25)26;1-2-3-6(9(14,15)16)4-7(10(17,18)19)5-8(13,11(20,21)22)12(23,24)25;12-6(8(14,15)16,9(17,18)19)3-5(1-2-26)4-7(13,10(20,21)22)11(23,24)25;4-3(5,6)2(8)1-7;;/h6-7,28-29H,1-5H2;5-6,27-28H,1-4H2;6,27H,1-5H2;6-7H,2-5H2,1H3;5,26H,1-4H2;2,7-8H,1H2;1H4;1H2. The normalized spacial score (nSPS) is 16.4. The highest BCUT2D eigenvalue weighted by molar-refractivity contribution is 7.80. The predicted molar refractivity (Wildman–Crippen MR) is 352 cm³/mol. The van der Waals surface area contributed by atoms with Crippen LogP contribution in [0.1, 0.15) is 117 Å². The first-order valence-electron chi connectivity index (χ1n) is 36.5. The fourth-order valence-electron chi connectivity index (χ4n) is 10.5. The van der Waals surface area contributed by atoms with E-state index in [1.807, 2.05) is 0 Å². The van der Waals surface area contributed by atoms with E-state index < -0.39 is 371 Å². The zero-order valence-electron chi connectivity index (χ0n) is 69.6. The molecule has 147 heavy (non-hydrogen) atoms. The van der Waals surface area contributed by atoms with Gasteiger partial charge in [-0.2, -0.15) is 303 Å². The number of aliphatic hydroxyl groups excluding tert-OH is 7. The zero-order valence-corrected chi connectivity index (χ0v) is 71.5. The smallest absolute Gasteiger partial charge is 0.396 e. The maximum absolute atomic E-state index is 13.7. The van der Waals surface area contributed by atoms with Crippen LogP contribution in [0, 0.1) is 23.7 Å². The lowest BCUT2D eigenvalue weighted by Gasteiger charge is -2.37. The van der Waals surface area contributed by atoms with Crippen LogP contribution < -0.4 is 0 Å². The average molecular weight is 2420 g/mol. The summed E-state index contributed by atoms with van der Waals surface area (Å²) >= 11 is 3.47. The highest BCUT2D eigenvalue weighted by Crippen LogP contribution is 2.62. The van der Waals surface area contributed by atoms with Crippen molar-refractivity contribution in [3.05, 3.63) is 0 Å². The molecule has 0 fully saturated rings. The largest absolute Gasteiger partial charge is 0.431 e. The lowest BCUT2D eigenvalue weighted by atomic mass is 9.80. The minimum atomic E-state index is -6.77. The Morgan fingerprint density at radius 3 is 0.639 bits per heavy atom. The first-order valence-corrected chi connectivity index (χ1v) is 37.2. The van der Waals surface area contributed by atoms with Crippen molar-refractivity contribution >= 4 is 26.1 Å². The van der Waals surface area contributed by atoms with E-state index in [1.165, 1.54) is 0 Å². The number of aliphatic hydroxyl groups is 7. The Labute approximate surface area is 784 Å². The van der Waals surface area contributed by atoms with Gasteiger partial charge in [0.05, 0.1) is 69.3 Å². The second-order valence-electron chi connectivity index (χ2n) is 29.8. The van der Waals surface area contributed by atoms with Gasteiger partial charge >= 0.3 is 147 Å². The first kappa shape index (κ1) is 158. The van der Waals surface area contributed by atoms with Crippen LogP contribution in [0.2, 0.25) is 0 Å². The molecule has 0 amide bonds. The van der Waals surface area contributed by atoms with E-state index in [-0.39, 0.29) is 33.1 Å². The molecule has 0 aromatic rings. The number of ether oxygens (including phenoxy) is 2. The molecule has 0 aromatic heterocycles. The summed E-state index contributed by atoms with van der Waals surface area (Å²) in [7, 11) is 0. The fraction of sp³-hybridized carbons (Fsp3) is 1.00. The maximum Gasteiger partial charge on any atom is 0.431 e. The quantitative estimate of drug-likeness (QED) is 0.0224. The number of alkyl halides is 72. The molecule has 0 heterocycles. The highest BCUT2D eigenvalue weighted by atomic mass is 32.1. The molecule has 0 radical (unpaired) electrons. The van der Waals surface area contributed by atoms with E-state index in [0.29, 0.717) is 0 Å². The molecule has 0 aliphatic carbocycles. The Bertz CT molecular complexity index is 3380. The van der Waals surface area contributed by atoms with Crippen molar-refractivity contribution in [2.24, 2.45) is 23.7 Å². The van der Waals surface area contributed by atoms with Crippen molar-refractivity contribution in [1.29, 1.82) is 0 Å². The molecule has 0 aliphatic rings. The van der Waals surface area contributed by atoms with Crippen LogP contribution in [0.15, 0.2) is 0 Å². The van der Waals surface area contributed by atoms with E-state index in [1.54, 1.807) is 0 Å². The van der Waals surface area contributed by atoms with E-state index in [0.717, 1.165) is 6.92 Å².